The van der Waals surface area contributed by atoms with Crippen molar-refractivity contribution in [2.75, 3.05) is 7.11 Å². The number of benzene rings is 2. The Morgan fingerprint density at radius 1 is 1.09 bits per heavy atom. The van der Waals surface area contributed by atoms with Crippen molar-refractivity contribution in [2.45, 2.75) is 0 Å². The van der Waals surface area contributed by atoms with E-state index in [0.717, 1.165) is 21.9 Å². The number of carbonyl (C=O) groups excluding carboxylic acids is 1. The summed E-state index contributed by atoms with van der Waals surface area (Å²) in [5.74, 6) is -0.129. The molecule has 0 spiro atoms. The molecule has 0 unspecified atom stereocenters. The number of nitrogens with zero attached hydrogens (tertiary/aromatic N) is 1. The van der Waals surface area contributed by atoms with E-state index in [0.29, 0.717) is 5.75 Å². The topological polar surface area (TPSA) is 48.4 Å². The number of hydrogen-bond donors (Lipinski definition) is 0. The molecule has 1 heterocycles. The third-order valence-corrected chi connectivity index (χ3v) is 3.49. The number of pyridine rings is 1. The molecule has 0 amide bonds. The first-order chi connectivity index (χ1) is 11.2. The standard InChI is InChI=1S/C19H15NO3/c1-13(19(21)22-2)23-17-10-9-14-6-3-4-8-16(14)18(17)15-7-5-11-20-12-15/h3-12H,1H2,2H3. The van der Waals surface area contributed by atoms with Gasteiger partial charge >= 0.3 is 5.97 Å². The van der Waals surface area contributed by atoms with E-state index in [1.807, 2.05) is 48.5 Å². The second kappa shape index (κ2) is 6.32. The summed E-state index contributed by atoms with van der Waals surface area (Å²) in [7, 11) is 1.29. The van der Waals surface area contributed by atoms with E-state index in [9.17, 15) is 4.79 Å². The fourth-order valence-corrected chi connectivity index (χ4v) is 2.43. The number of fused-ring (bicyclic) bond motifs is 1. The predicted octanol–water partition coefficient (Wildman–Crippen LogP) is 3.97. The lowest BCUT2D eigenvalue weighted by Gasteiger charge is -2.14. The van der Waals surface area contributed by atoms with Crippen LogP contribution in [0.4, 0.5) is 0 Å². The molecule has 3 rings (SSSR count). The van der Waals surface area contributed by atoms with E-state index >= 15 is 0 Å². The lowest BCUT2D eigenvalue weighted by atomic mass is 9.98. The second-order valence-electron chi connectivity index (χ2n) is 4.92. The Morgan fingerprint density at radius 3 is 2.65 bits per heavy atom. The summed E-state index contributed by atoms with van der Waals surface area (Å²) in [6.45, 7) is 3.62. The van der Waals surface area contributed by atoms with Crippen LogP contribution in [-0.4, -0.2) is 18.1 Å². The van der Waals surface area contributed by atoms with Gasteiger partial charge in [-0.3, -0.25) is 4.98 Å². The Labute approximate surface area is 134 Å². The summed E-state index contributed by atoms with van der Waals surface area (Å²) in [5, 5.41) is 2.08. The Kier molecular flexibility index (Phi) is 4.06. The second-order valence-corrected chi connectivity index (χ2v) is 4.92. The van der Waals surface area contributed by atoms with Gasteiger partial charge in [0.25, 0.3) is 0 Å². The first-order valence-electron chi connectivity index (χ1n) is 7.08. The van der Waals surface area contributed by atoms with Crippen LogP contribution in [0, 0.1) is 0 Å². The van der Waals surface area contributed by atoms with Crippen LogP contribution in [0.2, 0.25) is 0 Å². The Balaban J connectivity index is 2.18. The molecule has 4 nitrogen and oxygen atoms in total. The smallest absolute Gasteiger partial charge is 0.373 e. The highest BCUT2D eigenvalue weighted by atomic mass is 16.6. The van der Waals surface area contributed by atoms with Gasteiger partial charge in [0.15, 0.2) is 0 Å². The van der Waals surface area contributed by atoms with E-state index in [1.165, 1.54) is 7.11 Å². The number of esters is 1. The molecule has 0 radical (unpaired) electrons. The van der Waals surface area contributed by atoms with Crippen LogP contribution in [-0.2, 0) is 9.53 Å². The zero-order valence-corrected chi connectivity index (χ0v) is 12.7. The normalized spacial score (nSPS) is 10.3. The molecule has 0 bridgehead atoms. The quantitative estimate of drug-likeness (QED) is 0.416. The minimum Gasteiger partial charge on any atom is -0.463 e. The minimum atomic E-state index is -0.602. The monoisotopic (exact) mass is 305 g/mol. The van der Waals surface area contributed by atoms with Gasteiger partial charge in [-0.1, -0.05) is 36.4 Å². The molecule has 2 aromatic carbocycles. The molecule has 0 atom stereocenters. The van der Waals surface area contributed by atoms with Crippen molar-refractivity contribution in [1.29, 1.82) is 0 Å². The molecule has 0 N–H and O–H groups in total. The molecule has 0 fully saturated rings. The van der Waals surface area contributed by atoms with E-state index in [4.69, 9.17) is 4.74 Å². The number of carbonyl (C=O) groups is 1. The third-order valence-electron chi connectivity index (χ3n) is 3.49. The van der Waals surface area contributed by atoms with Crippen LogP contribution in [0.5, 0.6) is 5.75 Å². The Morgan fingerprint density at radius 2 is 1.91 bits per heavy atom. The van der Waals surface area contributed by atoms with Gasteiger partial charge in [-0.15, -0.1) is 0 Å². The van der Waals surface area contributed by atoms with Crippen LogP contribution in [0.1, 0.15) is 0 Å². The zero-order chi connectivity index (χ0) is 16.2. The van der Waals surface area contributed by atoms with E-state index in [1.54, 1.807) is 12.4 Å². The highest BCUT2D eigenvalue weighted by Gasteiger charge is 2.15. The maximum Gasteiger partial charge on any atom is 0.373 e. The predicted molar refractivity (Wildman–Crippen MR) is 89.0 cm³/mol. The minimum absolute atomic E-state index is 0.0621. The molecule has 0 aliphatic carbocycles. The molecule has 4 heteroatoms. The van der Waals surface area contributed by atoms with Crippen LogP contribution in [0.25, 0.3) is 21.9 Å². The van der Waals surface area contributed by atoms with Crippen LogP contribution < -0.4 is 4.74 Å². The molecule has 0 saturated heterocycles. The zero-order valence-electron chi connectivity index (χ0n) is 12.7. The molecule has 3 aromatic rings. The first-order valence-corrected chi connectivity index (χ1v) is 7.08. The maximum atomic E-state index is 11.6. The highest BCUT2D eigenvalue weighted by molar-refractivity contribution is 6.00. The Bertz CT molecular complexity index is 872. The lowest BCUT2D eigenvalue weighted by Crippen LogP contribution is -2.09. The van der Waals surface area contributed by atoms with Crippen molar-refractivity contribution in [1.82, 2.24) is 4.98 Å². The fourth-order valence-electron chi connectivity index (χ4n) is 2.43. The fraction of sp³-hybridized carbons (Fsp3) is 0.0526. The molecule has 1 aromatic heterocycles. The summed E-state index contributed by atoms with van der Waals surface area (Å²) < 4.78 is 10.3. The van der Waals surface area contributed by atoms with E-state index in [-0.39, 0.29) is 5.76 Å². The number of methoxy groups -OCH3 is 1. The van der Waals surface area contributed by atoms with Gasteiger partial charge in [-0.2, -0.15) is 0 Å². The van der Waals surface area contributed by atoms with Crippen molar-refractivity contribution < 1.29 is 14.3 Å². The van der Waals surface area contributed by atoms with Gasteiger partial charge in [0.05, 0.1) is 7.11 Å². The summed E-state index contributed by atoms with van der Waals surface area (Å²) in [6, 6.07) is 15.5. The van der Waals surface area contributed by atoms with Gasteiger partial charge < -0.3 is 9.47 Å². The van der Waals surface area contributed by atoms with E-state index < -0.39 is 5.97 Å². The summed E-state index contributed by atoms with van der Waals surface area (Å²) in [4.78, 5) is 15.7. The van der Waals surface area contributed by atoms with Crippen LogP contribution in [0.15, 0.2) is 73.3 Å². The van der Waals surface area contributed by atoms with Crippen molar-refractivity contribution in [3.63, 3.8) is 0 Å². The van der Waals surface area contributed by atoms with Crippen molar-refractivity contribution in [3.8, 4) is 16.9 Å². The maximum absolute atomic E-state index is 11.6. The number of hydrogen-bond acceptors (Lipinski definition) is 4. The van der Waals surface area contributed by atoms with Crippen molar-refractivity contribution >= 4 is 16.7 Å². The van der Waals surface area contributed by atoms with Gasteiger partial charge in [-0.25, -0.2) is 4.79 Å². The molecule has 0 aliphatic heterocycles. The van der Waals surface area contributed by atoms with Gasteiger partial charge in [0, 0.05) is 23.5 Å². The Hall–Kier alpha value is -3.14. The third kappa shape index (κ3) is 2.92. The summed E-state index contributed by atoms with van der Waals surface area (Å²) >= 11 is 0. The average molecular weight is 305 g/mol. The first kappa shape index (κ1) is 14.8. The highest BCUT2D eigenvalue weighted by Crippen LogP contribution is 2.37. The number of rotatable bonds is 4. The SMILES string of the molecule is C=C(Oc1ccc2ccccc2c1-c1cccnc1)C(=O)OC. The van der Waals surface area contributed by atoms with Crippen molar-refractivity contribution in [3.05, 3.63) is 73.3 Å². The van der Waals surface area contributed by atoms with Crippen molar-refractivity contribution in [2.24, 2.45) is 0 Å². The van der Waals surface area contributed by atoms with E-state index in [2.05, 4.69) is 16.3 Å². The average Bonchev–Trinajstić information content (AvgIpc) is 2.61. The van der Waals surface area contributed by atoms with Gasteiger partial charge in [0.1, 0.15) is 5.75 Å². The molecule has 0 saturated carbocycles. The summed E-state index contributed by atoms with van der Waals surface area (Å²) in [6.07, 6.45) is 3.47. The van der Waals surface area contributed by atoms with Crippen LogP contribution >= 0.6 is 0 Å². The summed E-state index contributed by atoms with van der Waals surface area (Å²) in [5.41, 5.74) is 1.76. The number of aromatic nitrogens is 1. The largest absolute Gasteiger partial charge is 0.463 e. The van der Waals surface area contributed by atoms with Gasteiger partial charge in [-0.05, 0) is 29.5 Å². The van der Waals surface area contributed by atoms with Gasteiger partial charge in [0.2, 0.25) is 5.76 Å². The molecular weight excluding hydrogens is 290 g/mol. The van der Waals surface area contributed by atoms with Crippen LogP contribution in [0.3, 0.4) is 0 Å². The molecule has 23 heavy (non-hydrogen) atoms. The molecular formula is C19H15NO3. The lowest BCUT2D eigenvalue weighted by molar-refractivity contribution is -0.138. The molecule has 0 aliphatic rings. The molecule has 114 valence electrons. The number of ether oxygens (including phenoxy) is 2.